The van der Waals surface area contributed by atoms with Gasteiger partial charge >= 0.3 is 17.9 Å². The number of methoxy groups -OCH3 is 1. The van der Waals surface area contributed by atoms with Crippen LogP contribution in [0.15, 0.2) is 34.3 Å². The molecule has 3 aliphatic carbocycles. The van der Waals surface area contributed by atoms with Crippen LogP contribution in [0.3, 0.4) is 0 Å². The molecule has 0 unspecified atom stereocenters. The maximum Gasteiger partial charge on any atom is 0.340 e. The molecule has 1 saturated carbocycles. The van der Waals surface area contributed by atoms with Crippen molar-refractivity contribution in [2.24, 2.45) is 16.7 Å². The first-order valence-corrected chi connectivity index (χ1v) is 12.0. The monoisotopic (exact) mass is 517 g/mol. The highest BCUT2D eigenvalue weighted by Gasteiger charge is 2.64. The molecule has 2 N–H and O–H groups in total. The minimum atomic E-state index is -1.37. The Morgan fingerprint density at radius 2 is 1.92 bits per heavy atom. The highest BCUT2D eigenvalue weighted by molar-refractivity contribution is 6.14. The highest BCUT2D eigenvalue weighted by atomic mass is 16.6. The number of ketones is 2. The molecule has 0 spiro atoms. The number of carboxylic acids is 1. The maximum absolute atomic E-state index is 13.8. The van der Waals surface area contributed by atoms with Crippen LogP contribution in [0.5, 0.6) is 0 Å². The quantitative estimate of drug-likeness (QED) is 0.388. The number of likely N-dealkylation sites (N-methyl/N-ethyl adjacent to an activating group) is 1. The largest absolute Gasteiger partial charge is 0.504 e. The second-order valence-corrected chi connectivity index (χ2v) is 10.5. The molecule has 0 aromatic heterocycles. The summed E-state index contributed by atoms with van der Waals surface area (Å²) in [7, 11) is 2.84. The van der Waals surface area contributed by atoms with Crippen molar-refractivity contribution in [1.82, 2.24) is 4.90 Å². The van der Waals surface area contributed by atoms with E-state index in [1.807, 2.05) is 0 Å². The first kappa shape index (κ1) is 26.6. The van der Waals surface area contributed by atoms with Gasteiger partial charge < -0.3 is 29.3 Å². The number of hydrogen-bond donors (Lipinski definition) is 2. The van der Waals surface area contributed by atoms with Gasteiger partial charge in [0, 0.05) is 62.6 Å². The molecule has 0 bridgehead atoms. The number of cyclic esters (lactones) is 1. The lowest BCUT2D eigenvalue weighted by Crippen LogP contribution is -2.57. The average molecular weight is 518 g/mol. The number of carbonyl (C=O) groups excluding carboxylic acids is 4. The van der Waals surface area contributed by atoms with E-state index < -0.39 is 65.0 Å². The number of rotatable bonds is 6. The summed E-state index contributed by atoms with van der Waals surface area (Å²) < 4.78 is 16.8. The lowest BCUT2D eigenvalue weighted by atomic mass is 9.53. The summed E-state index contributed by atoms with van der Waals surface area (Å²) in [5, 5.41) is 20.5. The second kappa shape index (κ2) is 9.13. The zero-order valence-corrected chi connectivity index (χ0v) is 21.5. The number of aliphatic hydroxyl groups is 1. The van der Waals surface area contributed by atoms with E-state index in [4.69, 9.17) is 14.2 Å². The third kappa shape index (κ3) is 3.96. The number of aliphatic hydroxyl groups excluding tert-OH is 1. The zero-order valence-electron chi connectivity index (χ0n) is 21.5. The molecule has 0 aromatic rings. The van der Waals surface area contributed by atoms with Crippen molar-refractivity contribution in [3.8, 4) is 0 Å². The molecule has 37 heavy (non-hydrogen) atoms. The van der Waals surface area contributed by atoms with Crippen LogP contribution < -0.4 is 0 Å². The van der Waals surface area contributed by atoms with Gasteiger partial charge in [0.2, 0.25) is 5.78 Å². The number of aliphatic carboxylic acids is 1. The first-order chi connectivity index (χ1) is 17.3. The molecule has 2 fully saturated rings. The Morgan fingerprint density at radius 1 is 1.24 bits per heavy atom. The van der Waals surface area contributed by atoms with Crippen molar-refractivity contribution in [2.45, 2.75) is 52.2 Å². The first-order valence-electron chi connectivity index (χ1n) is 12.0. The van der Waals surface area contributed by atoms with Crippen LogP contribution in [0.1, 0.15) is 40.0 Å². The summed E-state index contributed by atoms with van der Waals surface area (Å²) >= 11 is 0. The normalized spacial score (nSPS) is 34.1. The Morgan fingerprint density at radius 3 is 2.51 bits per heavy atom. The molecule has 4 rings (SSSR count). The van der Waals surface area contributed by atoms with Gasteiger partial charge in [-0.2, -0.15) is 0 Å². The number of carboxylic acid groups (broad SMARTS) is 1. The van der Waals surface area contributed by atoms with E-state index in [0.717, 1.165) is 0 Å². The Bertz CT molecular complexity index is 1200. The Balaban J connectivity index is 2.01. The Labute approximate surface area is 213 Å². The van der Waals surface area contributed by atoms with Crippen LogP contribution >= 0.6 is 0 Å². The molecule has 0 amide bonds. The van der Waals surface area contributed by atoms with E-state index in [9.17, 15) is 34.2 Å². The topological polar surface area (TPSA) is 157 Å². The summed E-state index contributed by atoms with van der Waals surface area (Å²) in [5.41, 5.74) is -2.00. The molecular weight excluding hydrogens is 486 g/mol. The van der Waals surface area contributed by atoms with Gasteiger partial charge in [0.05, 0.1) is 17.6 Å². The molecule has 1 saturated heterocycles. The summed E-state index contributed by atoms with van der Waals surface area (Å²) in [6, 6.07) is 0. The van der Waals surface area contributed by atoms with E-state index in [1.165, 1.54) is 32.2 Å². The van der Waals surface area contributed by atoms with E-state index in [2.05, 4.69) is 0 Å². The van der Waals surface area contributed by atoms with Crippen molar-refractivity contribution in [3.63, 3.8) is 0 Å². The predicted molar refractivity (Wildman–Crippen MR) is 126 cm³/mol. The molecule has 0 radical (unpaired) electrons. The molecule has 11 nitrogen and oxygen atoms in total. The van der Waals surface area contributed by atoms with Crippen LogP contribution in [0, 0.1) is 16.7 Å². The standard InChI is InChI=1S/C26H31NO10/c1-12(28)36-15-8-25(2)14(6-7-16(25)29)19-21(15)26(3)17(11-35-5)37-24(34)13(9-27(4)10-18(30)31)20(26)23(33)22(19)32/h9,14-15,17,33H,6-8,10-11H2,1-5H3,(H,30,31)/b13-9-/t14-,15+,17+,25-,26-/m0/s1. The number of esters is 2. The molecule has 0 aromatic carbocycles. The maximum atomic E-state index is 13.8. The van der Waals surface area contributed by atoms with Crippen molar-refractivity contribution >= 4 is 29.5 Å². The van der Waals surface area contributed by atoms with Crippen LogP contribution in [0.25, 0.3) is 0 Å². The number of ether oxygens (including phenoxy) is 3. The van der Waals surface area contributed by atoms with Crippen LogP contribution in [0.2, 0.25) is 0 Å². The van der Waals surface area contributed by atoms with Gasteiger partial charge in [0.25, 0.3) is 0 Å². The number of Topliss-reactive ketones (excluding diaryl/α,β-unsaturated/α-hetero) is 2. The smallest absolute Gasteiger partial charge is 0.340 e. The van der Waals surface area contributed by atoms with E-state index in [1.54, 1.807) is 13.8 Å². The molecule has 1 aliphatic heterocycles. The van der Waals surface area contributed by atoms with Gasteiger partial charge in [0.1, 0.15) is 24.5 Å². The zero-order chi connectivity index (χ0) is 27.4. The SMILES string of the molecule is COC[C@H]1OC(=O)/C(=C\N(C)CC(=O)O)C2=C(O)C(=O)C3=C([C@H](OC(C)=O)C[C@]4(C)C(=O)CC[C@@H]34)[C@]21C. The van der Waals surface area contributed by atoms with E-state index in [-0.39, 0.29) is 42.0 Å². The fraction of sp³-hybridized carbons (Fsp3) is 0.577. The fourth-order valence-corrected chi connectivity index (χ4v) is 6.56. The van der Waals surface area contributed by atoms with Gasteiger partial charge in [-0.15, -0.1) is 0 Å². The number of hydrogen-bond acceptors (Lipinski definition) is 10. The summed E-state index contributed by atoms with van der Waals surface area (Å²) in [5.74, 6) is -4.63. The molecular formula is C26H31NO10. The molecule has 4 aliphatic rings. The lowest BCUT2D eigenvalue weighted by molar-refractivity contribution is -0.160. The van der Waals surface area contributed by atoms with Gasteiger partial charge in [-0.05, 0) is 18.9 Å². The number of allylic oxidation sites excluding steroid dienone is 1. The average Bonchev–Trinajstić information content (AvgIpc) is 3.08. The second-order valence-electron chi connectivity index (χ2n) is 10.5. The minimum absolute atomic E-state index is 0.0446. The Hall–Kier alpha value is -3.47. The van der Waals surface area contributed by atoms with Gasteiger partial charge in [-0.3, -0.25) is 19.2 Å². The number of carbonyl (C=O) groups is 5. The van der Waals surface area contributed by atoms with Crippen LogP contribution in [-0.2, 0) is 38.2 Å². The third-order valence-electron chi connectivity index (χ3n) is 8.15. The van der Waals surface area contributed by atoms with Crippen molar-refractivity contribution in [2.75, 3.05) is 27.3 Å². The van der Waals surface area contributed by atoms with Crippen molar-refractivity contribution in [3.05, 3.63) is 34.3 Å². The molecule has 200 valence electrons. The number of nitrogens with zero attached hydrogens (tertiary/aromatic N) is 1. The summed E-state index contributed by atoms with van der Waals surface area (Å²) in [6.07, 6.45) is -0.0201. The number of fused-ring (bicyclic) bond motifs is 4. The van der Waals surface area contributed by atoms with Crippen molar-refractivity contribution in [1.29, 1.82) is 0 Å². The van der Waals surface area contributed by atoms with E-state index in [0.29, 0.717) is 12.0 Å². The Kier molecular flexibility index (Phi) is 6.56. The molecule has 5 atom stereocenters. The van der Waals surface area contributed by atoms with Gasteiger partial charge in [-0.25, -0.2) is 4.79 Å². The molecule has 11 heteroatoms. The van der Waals surface area contributed by atoms with Crippen molar-refractivity contribution < 1.29 is 48.4 Å². The minimum Gasteiger partial charge on any atom is -0.504 e. The fourth-order valence-electron chi connectivity index (χ4n) is 6.56. The third-order valence-corrected chi connectivity index (χ3v) is 8.15. The van der Waals surface area contributed by atoms with Crippen LogP contribution in [-0.4, -0.2) is 84.1 Å². The molecule has 1 heterocycles. The van der Waals surface area contributed by atoms with Crippen LogP contribution in [0.4, 0.5) is 0 Å². The van der Waals surface area contributed by atoms with Gasteiger partial charge in [-0.1, -0.05) is 6.92 Å². The summed E-state index contributed by atoms with van der Waals surface area (Å²) in [6.45, 7) is 4.10. The van der Waals surface area contributed by atoms with E-state index >= 15 is 0 Å². The predicted octanol–water partition coefficient (Wildman–Crippen LogP) is 1.48. The summed E-state index contributed by atoms with van der Waals surface area (Å²) in [4.78, 5) is 64.5. The lowest BCUT2D eigenvalue weighted by Gasteiger charge is -2.53. The van der Waals surface area contributed by atoms with Gasteiger partial charge in [0.15, 0.2) is 5.76 Å². The highest BCUT2D eigenvalue weighted by Crippen LogP contribution is 2.62.